The number of hydrogen-bond acceptors (Lipinski definition) is 4. The number of rotatable bonds is 2. The Morgan fingerprint density at radius 3 is 2.58 bits per heavy atom. The lowest BCUT2D eigenvalue weighted by molar-refractivity contribution is 0.582. The fourth-order valence-electron chi connectivity index (χ4n) is 1.46. The van der Waals surface area contributed by atoms with E-state index in [0.717, 1.165) is 12.1 Å². The van der Waals surface area contributed by atoms with E-state index in [1.54, 1.807) is 14.1 Å². The highest BCUT2D eigenvalue weighted by atomic mass is 19.1. The van der Waals surface area contributed by atoms with Crippen molar-refractivity contribution in [3.63, 3.8) is 0 Å². The van der Waals surface area contributed by atoms with Crippen molar-refractivity contribution in [1.82, 2.24) is 14.8 Å². The van der Waals surface area contributed by atoms with E-state index in [2.05, 4.69) is 10.1 Å². The molecule has 6 nitrogen and oxygen atoms in total. The summed E-state index contributed by atoms with van der Waals surface area (Å²) in [7, 11) is 3.27. The Bertz CT molecular complexity index is 726. The zero-order chi connectivity index (χ0) is 14.2. The Labute approximate surface area is 106 Å². The van der Waals surface area contributed by atoms with Crippen LogP contribution in [0.15, 0.2) is 16.9 Å². The maximum Gasteiger partial charge on any atom is 0.349 e. The molecular formula is C11H9F2N5O. The number of nitriles is 1. The SMILES string of the molecule is CN(C)c1nn(-c2cc(F)c(C#N)cc2F)c(=O)[nH]1. The predicted octanol–water partition coefficient (Wildman–Crippen LogP) is 0.776. The van der Waals surface area contributed by atoms with Crippen molar-refractivity contribution in [3.8, 4) is 11.8 Å². The molecule has 98 valence electrons. The van der Waals surface area contributed by atoms with Gasteiger partial charge >= 0.3 is 5.69 Å². The van der Waals surface area contributed by atoms with Gasteiger partial charge in [-0.3, -0.25) is 4.98 Å². The van der Waals surface area contributed by atoms with Crippen LogP contribution in [-0.2, 0) is 0 Å². The van der Waals surface area contributed by atoms with E-state index in [1.807, 2.05) is 0 Å². The summed E-state index contributed by atoms with van der Waals surface area (Å²) < 4.78 is 27.9. The lowest BCUT2D eigenvalue weighted by Crippen LogP contribution is -2.17. The molecular weight excluding hydrogens is 256 g/mol. The zero-order valence-electron chi connectivity index (χ0n) is 10.1. The second kappa shape index (κ2) is 4.53. The normalized spacial score (nSPS) is 10.3. The summed E-state index contributed by atoms with van der Waals surface area (Å²) in [5, 5.41) is 12.4. The molecule has 1 N–H and O–H groups in total. The Hall–Kier alpha value is -2.69. The van der Waals surface area contributed by atoms with Crippen LogP contribution in [0.2, 0.25) is 0 Å². The van der Waals surface area contributed by atoms with Gasteiger partial charge in [-0.05, 0) is 6.07 Å². The molecule has 1 aromatic carbocycles. The van der Waals surface area contributed by atoms with Gasteiger partial charge in [0.15, 0.2) is 5.82 Å². The van der Waals surface area contributed by atoms with Crippen LogP contribution in [0.4, 0.5) is 14.7 Å². The van der Waals surface area contributed by atoms with Crippen LogP contribution < -0.4 is 10.6 Å². The van der Waals surface area contributed by atoms with Gasteiger partial charge < -0.3 is 4.90 Å². The molecule has 0 saturated carbocycles. The van der Waals surface area contributed by atoms with E-state index in [0.29, 0.717) is 4.68 Å². The third-order valence-corrected chi connectivity index (χ3v) is 2.41. The maximum atomic E-state index is 13.7. The van der Waals surface area contributed by atoms with E-state index >= 15 is 0 Å². The van der Waals surface area contributed by atoms with Crippen molar-refractivity contribution < 1.29 is 8.78 Å². The lowest BCUT2D eigenvalue weighted by atomic mass is 10.2. The number of nitrogens with one attached hydrogen (secondary N) is 1. The first-order valence-corrected chi connectivity index (χ1v) is 5.20. The number of halogens is 2. The fraction of sp³-hybridized carbons (Fsp3) is 0.182. The quantitative estimate of drug-likeness (QED) is 0.870. The second-order valence-electron chi connectivity index (χ2n) is 3.96. The molecule has 1 aromatic heterocycles. The van der Waals surface area contributed by atoms with Gasteiger partial charge in [0.05, 0.1) is 5.56 Å². The van der Waals surface area contributed by atoms with Crippen molar-refractivity contribution in [1.29, 1.82) is 5.26 Å². The van der Waals surface area contributed by atoms with Gasteiger partial charge in [0, 0.05) is 20.2 Å². The minimum Gasteiger partial charge on any atom is -0.347 e. The lowest BCUT2D eigenvalue weighted by Gasteiger charge is -2.06. The van der Waals surface area contributed by atoms with Crippen LogP contribution in [0.5, 0.6) is 0 Å². The summed E-state index contributed by atoms with van der Waals surface area (Å²) in [6, 6.07) is 3.00. The number of hydrogen-bond donors (Lipinski definition) is 1. The Morgan fingerprint density at radius 2 is 2.05 bits per heavy atom. The van der Waals surface area contributed by atoms with Gasteiger partial charge in [-0.1, -0.05) is 0 Å². The number of nitrogens with zero attached hydrogens (tertiary/aromatic N) is 4. The first-order chi connectivity index (χ1) is 8.93. The highest BCUT2D eigenvalue weighted by Gasteiger charge is 2.15. The molecule has 0 amide bonds. The molecule has 2 aromatic rings. The van der Waals surface area contributed by atoms with E-state index in [9.17, 15) is 13.6 Å². The van der Waals surface area contributed by atoms with Crippen LogP contribution >= 0.6 is 0 Å². The summed E-state index contributed by atoms with van der Waals surface area (Å²) >= 11 is 0. The van der Waals surface area contributed by atoms with E-state index in [-0.39, 0.29) is 11.6 Å². The fourth-order valence-corrected chi connectivity index (χ4v) is 1.46. The van der Waals surface area contributed by atoms with Crippen LogP contribution in [-0.4, -0.2) is 28.9 Å². The number of aromatic amines is 1. The molecule has 0 aliphatic carbocycles. The summed E-state index contributed by atoms with van der Waals surface area (Å²) in [6.45, 7) is 0. The summed E-state index contributed by atoms with van der Waals surface area (Å²) in [5.74, 6) is -1.62. The number of anilines is 1. The monoisotopic (exact) mass is 265 g/mol. The Kier molecular flexibility index (Phi) is 3.04. The molecule has 0 aliphatic heterocycles. The van der Waals surface area contributed by atoms with Crippen molar-refractivity contribution in [3.05, 3.63) is 39.8 Å². The largest absolute Gasteiger partial charge is 0.349 e. The topological polar surface area (TPSA) is 77.7 Å². The van der Waals surface area contributed by atoms with Gasteiger partial charge in [0.1, 0.15) is 17.6 Å². The van der Waals surface area contributed by atoms with Crippen molar-refractivity contribution in [2.24, 2.45) is 0 Å². The van der Waals surface area contributed by atoms with Crippen LogP contribution in [0.1, 0.15) is 5.56 Å². The molecule has 8 heteroatoms. The zero-order valence-corrected chi connectivity index (χ0v) is 10.1. The second-order valence-corrected chi connectivity index (χ2v) is 3.96. The average Bonchev–Trinajstić information content (AvgIpc) is 2.74. The maximum absolute atomic E-state index is 13.7. The van der Waals surface area contributed by atoms with Gasteiger partial charge in [-0.15, -0.1) is 5.10 Å². The first kappa shape index (κ1) is 12.8. The van der Waals surface area contributed by atoms with Crippen LogP contribution in [0, 0.1) is 23.0 Å². The van der Waals surface area contributed by atoms with Gasteiger partial charge in [0.2, 0.25) is 5.95 Å². The standard InChI is InChI=1S/C11H9F2N5O/c1-17(2)10-15-11(19)18(16-10)9-4-7(12)6(5-14)3-8(9)13/h3-4H,1-2H3,(H,15,16,19). The molecule has 0 unspecified atom stereocenters. The number of H-pyrrole nitrogens is 1. The van der Waals surface area contributed by atoms with Gasteiger partial charge in [-0.2, -0.15) is 9.94 Å². The molecule has 0 bridgehead atoms. The molecule has 0 radical (unpaired) electrons. The molecule has 0 spiro atoms. The third-order valence-electron chi connectivity index (χ3n) is 2.41. The van der Waals surface area contributed by atoms with E-state index in [1.165, 1.54) is 11.0 Å². The molecule has 0 atom stereocenters. The first-order valence-electron chi connectivity index (χ1n) is 5.20. The van der Waals surface area contributed by atoms with E-state index < -0.39 is 22.9 Å². The smallest absolute Gasteiger partial charge is 0.347 e. The van der Waals surface area contributed by atoms with Gasteiger partial charge in [0.25, 0.3) is 0 Å². The minimum absolute atomic E-state index is 0.203. The number of benzene rings is 1. The minimum atomic E-state index is -0.916. The Balaban J connectivity index is 2.63. The van der Waals surface area contributed by atoms with Crippen molar-refractivity contribution in [2.75, 3.05) is 19.0 Å². The third kappa shape index (κ3) is 2.18. The van der Waals surface area contributed by atoms with E-state index in [4.69, 9.17) is 5.26 Å². The number of aromatic nitrogens is 3. The average molecular weight is 265 g/mol. The van der Waals surface area contributed by atoms with Gasteiger partial charge in [-0.25, -0.2) is 13.6 Å². The highest BCUT2D eigenvalue weighted by Crippen LogP contribution is 2.17. The Morgan fingerprint density at radius 1 is 1.37 bits per heavy atom. The molecule has 2 rings (SSSR count). The summed E-state index contributed by atoms with van der Waals surface area (Å²) in [4.78, 5) is 15.5. The van der Waals surface area contributed by atoms with Crippen molar-refractivity contribution in [2.45, 2.75) is 0 Å². The molecule has 0 saturated heterocycles. The predicted molar refractivity (Wildman–Crippen MR) is 63.1 cm³/mol. The van der Waals surface area contributed by atoms with Crippen LogP contribution in [0.3, 0.4) is 0 Å². The molecule has 0 aliphatic rings. The van der Waals surface area contributed by atoms with Crippen LogP contribution in [0.25, 0.3) is 5.69 Å². The molecule has 1 heterocycles. The molecule has 0 fully saturated rings. The summed E-state index contributed by atoms with van der Waals surface area (Å²) in [6.07, 6.45) is 0. The molecule has 19 heavy (non-hydrogen) atoms. The summed E-state index contributed by atoms with van der Waals surface area (Å²) in [5.41, 5.74) is -1.49. The highest BCUT2D eigenvalue weighted by molar-refractivity contribution is 5.42. The van der Waals surface area contributed by atoms with Crippen molar-refractivity contribution >= 4 is 5.95 Å².